The summed E-state index contributed by atoms with van der Waals surface area (Å²) in [5.41, 5.74) is 7.21. The fourth-order valence-corrected chi connectivity index (χ4v) is 3.06. The maximum Gasteiger partial charge on any atom is 0.263 e. The molecule has 1 atom stereocenters. The Labute approximate surface area is 113 Å². The van der Waals surface area contributed by atoms with E-state index in [1.807, 2.05) is 19.2 Å². The van der Waals surface area contributed by atoms with Crippen molar-refractivity contribution in [3.8, 4) is 0 Å². The lowest BCUT2D eigenvalue weighted by molar-refractivity contribution is 0.0943. The van der Waals surface area contributed by atoms with E-state index in [9.17, 15) is 4.79 Å². The number of carbonyl (C=O) groups is 1. The van der Waals surface area contributed by atoms with Gasteiger partial charge in [-0.2, -0.15) is 0 Å². The van der Waals surface area contributed by atoms with Gasteiger partial charge in [-0.3, -0.25) is 4.79 Å². The van der Waals surface area contributed by atoms with Crippen LogP contribution in [0.4, 0.5) is 5.13 Å². The number of hydrogen-bond donors (Lipinski definition) is 2. The Bertz CT molecular complexity index is 575. The summed E-state index contributed by atoms with van der Waals surface area (Å²) in [6.07, 6.45) is 0. The van der Waals surface area contributed by atoms with E-state index in [4.69, 9.17) is 5.73 Å². The molecule has 7 heteroatoms. The van der Waals surface area contributed by atoms with Crippen LogP contribution >= 0.6 is 22.7 Å². The zero-order valence-corrected chi connectivity index (χ0v) is 12.0. The van der Waals surface area contributed by atoms with Crippen molar-refractivity contribution >= 4 is 33.7 Å². The summed E-state index contributed by atoms with van der Waals surface area (Å²) in [5, 5.41) is 6.18. The monoisotopic (exact) mass is 282 g/mol. The molecule has 2 aromatic heterocycles. The number of nitrogen functional groups attached to an aromatic ring is 1. The minimum absolute atomic E-state index is 0.112. The van der Waals surface area contributed by atoms with Crippen LogP contribution in [-0.4, -0.2) is 15.9 Å². The number of nitrogens with one attached hydrogen (secondary N) is 1. The summed E-state index contributed by atoms with van der Waals surface area (Å²) in [6.45, 7) is 5.62. The van der Waals surface area contributed by atoms with Crippen molar-refractivity contribution in [3.05, 3.63) is 26.7 Å². The van der Waals surface area contributed by atoms with Gasteiger partial charge in [-0.15, -0.1) is 11.3 Å². The second kappa shape index (κ2) is 5.03. The van der Waals surface area contributed by atoms with Crippen LogP contribution in [-0.2, 0) is 0 Å². The Morgan fingerprint density at radius 3 is 2.67 bits per heavy atom. The second-order valence-electron chi connectivity index (χ2n) is 3.99. The Balaban J connectivity index is 2.10. The Morgan fingerprint density at radius 1 is 1.44 bits per heavy atom. The van der Waals surface area contributed by atoms with Crippen molar-refractivity contribution in [2.45, 2.75) is 26.8 Å². The molecule has 0 fully saturated rings. The van der Waals surface area contributed by atoms with E-state index in [1.54, 1.807) is 18.3 Å². The lowest BCUT2D eigenvalue weighted by Crippen LogP contribution is -2.26. The van der Waals surface area contributed by atoms with Gasteiger partial charge in [0.25, 0.3) is 5.91 Å². The van der Waals surface area contributed by atoms with Crippen LogP contribution in [0.1, 0.15) is 39.0 Å². The largest absolute Gasteiger partial charge is 0.375 e. The van der Waals surface area contributed by atoms with Crippen LogP contribution in [0.2, 0.25) is 0 Å². The normalized spacial score (nSPS) is 12.4. The number of carbonyl (C=O) groups excluding carboxylic acids is 1. The summed E-state index contributed by atoms with van der Waals surface area (Å²) >= 11 is 2.74. The highest BCUT2D eigenvalue weighted by Gasteiger charge is 2.18. The molecule has 0 saturated carbocycles. The van der Waals surface area contributed by atoms with Crippen LogP contribution in [0.3, 0.4) is 0 Å². The molecule has 3 N–H and O–H groups in total. The van der Waals surface area contributed by atoms with Gasteiger partial charge in [-0.25, -0.2) is 9.97 Å². The molecular formula is C11H14N4OS2. The molecule has 0 aromatic carbocycles. The number of anilines is 1. The van der Waals surface area contributed by atoms with Gasteiger partial charge in [-0.1, -0.05) is 11.3 Å². The van der Waals surface area contributed by atoms with Crippen LogP contribution in [0, 0.1) is 13.8 Å². The summed E-state index contributed by atoms with van der Waals surface area (Å²) in [7, 11) is 0. The second-order valence-corrected chi connectivity index (χ2v) is 5.91. The van der Waals surface area contributed by atoms with E-state index in [1.165, 1.54) is 11.3 Å². The smallest absolute Gasteiger partial charge is 0.263 e. The lowest BCUT2D eigenvalue weighted by Gasteiger charge is -2.10. The molecular weight excluding hydrogens is 268 g/mol. The van der Waals surface area contributed by atoms with Crippen LogP contribution in [0.25, 0.3) is 0 Å². The Morgan fingerprint density at radius 2 is 2.17 bits per heavy atom. The highest BCUT2D eigenvalue weighted by molar-refractivity contribution is 7.17. The van der Waals surface area contributed by atoms with Crippen molar-refractivity contribution in [3.63, 3.8) is 0 Å². The highest BCUT2D eigenvalue weighted by atomic mass is 32.1. The number of aryl methyl sites for hydroxylation is 2. The summed E-state index contributed by atoms with van der Waals surface area (Å²) in [6, 6.07) is -0.112. The first kappa shape index (κ1) is 13.0. The van der Waals surface area contributed by atoms with Gasteiger partial charge in [0, 0.05) is 11.1 Å². The van der Waals surface area contributed by atoms with Crippen molar-refractivity contribution in [2.24, 2.45) is 0 Å². The average molecular weight is 282 g/mol. The van der Waals surface area contributed by atoms with Crippen molar-refractivity contribution in [1.29, 1.82) is 0 Å². The predicted octanol–water partition coefficient (Wildman–Crippen LogP) is 2.29. The average Bonchev–Trinajstić information content (AvgIpc) is 2.84. The number of rotatable bonds is 3. The summed E-state index contributed by atoms with van der Waals surface area (Å²) in [5.74, 6) is -0.151. The molecule has 0 aliphatic heterocycles. The highest BCUT2D eigenvalue weighted by Crippen LogP contribution is 2.22. The van der Waals surface area contributed by atoms with Gasteiger partial charge in [0.15, 0.2) is 5.13 Å². The van der Waals surface area contributed by atoms with Crippen molar-refractivity contribution < 1.29 is 4.79 Å². The predicted molar refractivity (Wildman–Crippen MR) is 74.0 cm³/mol. The molecule has 2 heterocycles. The standard InChI is InChI=1S/C11H14N4OS2/c1-5-4-17-10(13-5)7(3)14-9(16)8-6(2)15-11(12)18-8/h4,7H,1-3H3,(H2,12,15)(H,14,16). The van der Waals surface area contributed by atoms with Gasteiger partial charge in [0.05, 0.1) is 11.7 Å². The zero-order valence-electron chi connectivity index (χ0n) is 10.4. The Kier molecular flexibility index (Phi) is 3.63. The van der Waals surface area contributed by atoms with Gasteiger partial charge in [0.2, 0.25) is 0 Å². The van der Waals surface area contributed by atoms with Gasteiger partial charge in [0.1, 0.15) is 9.88 Å². The SMILES string of the molecule is Cc1csc(C(C)NC(=O)c2sc(N)nc2C)n1. The molecule has 1 unspecified atom stereocenters. The first-order chi connectivity index (χ1) is 8.47. The van der Waals surface area contributed by atoms with Crippen LogP contribution in [0.15, 0.2) is 5.38 Å². The molecule has 96 valence electrons. The molecule has 0 radical (unpaired) electrons. The van der Waals surface area contributed by atoms with E-state index >= 15 is 0 Å². The van der Waals surface area contributed by atoms with Crippen LogP contribution in [0.5, 0.6) is 0 Å². The number of hydrogen-bond acceptors (Lipinski definition) is 6. The molecule has 0 bridgehead atoms. The van der Waals surface area contributed by atoms with E-state index in [-0.39, 0.29) is 11.9 Å². The van der Waals surface area contributed by atoms with Gasteiger partial charge >= 0.3 is 0 Å². The molecule has 5 nitrogen and oxygen atoms in total. The molecule has 2 rings (SSSR count). The fourth-order valence-electron chi connectivity index (χ4n) is 1.52. The number of aromatic nitrogens is 2. The number of amides is 1. The van der Waals surface area contributed by atoms with Crippen molar-refractivity contribution in [1.82, 2.24) is 15.3 Å². The number of nitrogens with two attached hydrogens (primary N) is 1. The van der Waals surface area contributed by atoms with E-state index in [2.05, 4.69) is 15.3 Å². The van der Waals surface area contributed by atoms with Crippen LogP contribution < -0.4 is 11.1 Å². The zero-order chi connectivity index (χ0) is 13.3. The first-order valence-electron chi connectivity index (χ1n) is 5.43. The quantitative estimate of drug-likeness (QED) is 0.905. The first-order valence-corrected chi connectivity index (χ1v) is 7.12. The van der Waals surface area contributed by atoms with Crippen molar-refractivity contribution in [2.75, 3.05) is 5.73 Å². The molecule has 0 aliphatic rings. The minimum atomic E-state index is -0.151. The van der Waals surface area contributed by atoms with E-state index < -0.39 is 0 Å². The molecule has 1 amide bonds. The third-order valence-corrected chi connectivity index (χ3v) is 4.50. The maximum absolute atomic E-state index is 12.0. The number of thiazole rings is 2. The van der Waals surface area contributed by atoms with E-state index in [0.717, 1.165) is 10.7 Å². The topological polar surface area (TPSA) is 80.9 Å². The molecule has 0 spiro atoms. The van der Waals surface area contributed by atoms with Gasteiger partial charge in [-0.05, 0) is 20.8 Å². The lowest BCUT2D eigenvalue weighted by atomic mass is 10.3. The molecule has 0 aliphatic carbocycles. The number of nitrogens with zero attached hydrogens (tertiary/aromatic N) is 2. The third-order valence-electron chi connectivity index (χ3n) is 2.37. The van der Waals surface area contributed by atoms with E-state index in [0.29, 0.717) is 15.7 Å². The van der Waals surface area contributed by atoms with Gasteiger partial charge < -0.3 is 11.1 Å². The molecule has 18 heavy (non-hydrogen) atoms. The molecule has 0 saturated heterocycles. The summed E-state index contributed by atoms with van der Waals surface area (Å²) in [4.78, 5) is 21.0. The minimum Gasteiger partial charge on any atom is -0.375 e. The summed E-state index contributed by atoms with van der Waals surface area (Å²) < 4.78 is 0. The molecule has 2 aromatic rings. The third kappa shape index (κ3) is 2.68. The maximum atomic E-state index is 12.0. The fraction of sp³-hybridized carbons (Fsp3) is 0.364. The Hall–Kier alpha value is -1.47.